The normalized spacial score (nSPS) is 29.4. The number of nitrogens with zero attached hydrogens (tertiary/aromatic N) is 1. The minimum absolute atomic E-state index is 0.0683. The van der Waals surface area contributed by atoms with Crippen LogP contribution in [0.4, 0.5) is 0 Å². The molecule has 0 aromatic rings. The third kappa shape index (κ3) is 4.23. The van der Waals surface area contributed by atoms with E-state index in [1.54, 1.807) is 0 Å². The molecule has 1 saturated carbocycles. The highest BCUT2D eigenvalue weighted by Crippen LogP contribution is 2.40. The molecule has 0 unspecified atom stereocenters. The third-order valence-electron chi connectivity index (χ3n) is 5.57. The molecule has 3 rings (SSSR count). The first kappa shape index (κ1) is 18.0. The SMILES string of the molecule is CC1=NOC2(CCC(C(=O)NC3=CC=C(C(C)(C)C)CC=C3)CC2)C1. The Bertz CT molecular complexity index is 654. The fraction of sp³-hybridized carbons (Fsp3) is 0.619. The summed E-state index contributed by atoms with van der Waals surface area (Å²) in [5.41, 5.74) is 3.35. The summed E-state index contributed by atoms with van der Waals surface area (Å²) in [6.07, 6.45) is 13.7. The molecule has 1 heterocycles. The van der Waals surface area contributed by atoms with Gasteiger partial charge in [-0.3, -0.25) is 4.79 Å². The van der Waals surface area contributed by atoms with Gasteiger partial charge in [0, 0.05) is 18.0 Å². The van der Waals surface area contributed by atoms with E-state index in [0.717, 1.165) is 49.9 Å². The maximum atomic E-state index is 12.6. The van der Waals surface area contributed by atoms with Crippen molar-refractivity contribution in [2.24, 2.45) is 16.5 Å². The molecule has 0 radical (unpaired) electrons. The summed E-state index contributed by atoms with van der Waals surface area (Å²) in [6, 6.07) is 0. The van der Waals surface area contributed by atoms with Crippen LogP contribution in [-0.2, 0) is 9.63 Å². The Morgan fingerprint density at radius 1 is 1.28 bits per heavy atom. The zero-order chi connectivity index (χ0) is 18.1. The van der Waals surface area contributed by atoms with Crippen molar-refractivity contribution >= 4 is 11.6 Å². The minimum atomic E-state index is -0.132. The van der Waals surface area contributed by atoms with Crippen LogP contribution in [0.1, 0.15) is 66.2 Å². The van der Waals surface area contributed by atoms with Crippen molar-refractivity contribution in [2.45, 2.75) is 71.8 Å². The summed E-state index contributed by atoms with van der Waals surface area (Å²) >= 11 is 0. The molecule has 1 N–H and O–H groups in total. The maximum Gasteiger partial charge on any atom is 0.227 e. The predicted octanol–water partition coefficient (Wildman–Crippen LogP) is 4.64. The van der Waals surface area contributed by atoms with Crippen molar-refractivity contribution in [3.8, 4) is 0 Å². The quantitative estimate of drug-likeness (QED) is 0.794. The van der Waals surface area contributed by atoms with Crippen molar-refractivity contribution < 1.29 is 9.63 Å². The Balaban J connectivity index is 1.57. The molecule has 1 amide bonds. The van der Waals surface area contributed by atoms with E-state index in [-0.39, 0.29) is 22.8 Å². The van der Waals surface area contributed by atoms with Crippen LogP contribution in [0.2, 0.25) is 0 Å². The van der Waals surface area contributed by atoms with Crippen LogP contribution >= 0.6 is 0 Å². The summed E-state index contributed by atoms with van der Waals surface area (Å²) < 4.78 is 0. The number of nitrogens with one attached hydrogen (secondary N) is 1. The van der Waals surface area contributed by atoms with Gasteiger partial charge >= 0.3 is 0 Å². The van der Waals surface area contributed by atoms with Crippen molar-refractivity contribution in [2.75, 3.05) is 0 Å². The second-order valence-electron chi connectivity index (χ2n) is 8.71. The van der Waals surface area contributed by atoms with Gasteiger partial charge < -0.3 is 10.2 Å². The molecule has 136 valence electrons. The van der Waals surface area contributed by atoms with Gasteiger partial charge in [-0.15, -0.1) is 0 Å². The summed E-state index contributed by atoms with van der Waals surface area (Å²) in [7, 11) is 0. The topological polar surface area (TPSA) is 50.7 Å². The summed E-state index contributed by atoms with van der Waals surface area (Å²) in [6.45, 7) is 8.67. The van der Waals surface area contributed by atoms with Crippen molar-refractivity contribution in [1.29, 1.82) is 0 Å². The van der Waals surface area contributed by atoms with Gasteiger partial charge in [0.1, 0.15) is 5.60 Å². The van der Waals surface area contributed by atoms with Crippen LogP contribution in [0.25, 0.3) is 0 Å². The third-order valence-corrected chi connectivity index (χ3v) is 5.57. The lowest BCUT2D eigenvalue weighted by molar-refractivity contribution is -0.128. The van der Waals surface area contributed by atoms with Crippen LogP contribution in [0.15, 0.2) is 40.7 Å². The molecule has 0 aromatic heterocycles. The molecule has 0 saturated heterocycles. The number of rotatable bonds is 2. The zero-order valence-corrected chi connectivity index (χ0v) is 15.9. The molecule has 25 heavy (non-hydrogen) atoms. The number of oxime groups is 1. The molecular weight excluding hydrogens is 312 g/mol. The van der Waals surface area contributed by atoms with E-state index in [0.29, 0.717) is 0 Å². The first-order valence-corrected chi connectivity index (χ1v) is 9.38. The number of carbonyl (C=O) groups excluding carboxylic acids is 1. The van der Waals surface area contributed by atoms with Crippen LogP contribution < -0.4 is 5.32 Å². The zero-order valence-electron chi connectivity index (χ0n) is 15.9. The van der Waals surface area contributed by atoms with Gasteiger partial charge in [-0.05, 0) is 56.6 Å². The van der Waals surface area contributed by atoms with E-state index >= 15 is 0 Å². The summed E-state index contributed by atoms with van der Waals surface area (Å²) in [5, 5.41) is 7.21. The van der Waals surface area contributed by atoms with Crippen LogP contribution in [-0.4, -0.2) is 17.2 Å². The van der Waals surface area contributed by atoms with E-state index in [9.17, 15) is 4.79 Å². The van der Waals surface area contributed by atoms with Gasteiger partial charge in [-0.1, -0.05) is 43.7 Å². The highest BCUT2D eigenvalue weighted by molar-refractivity contribution is 5.84. The number of hydrogen-bond acceptors (Lipinski definition) is 3. The molecular formula is C21H30N2O2. The van der Waals surface area contributed by atoms with Crippen molar-refractivity contribution in [1.82, 2.24) is 5.32 Å². The Hall–Kier alpha value is -1.84. The molecule has 4 nitrogen and oxygen atoms in total. The summed E-state index contributed by atoms with van der Waals surface area (Å²) in [4.78, 5) is 18.3. The lowest BCUT2D eigenvalue weighted by atomic mass is 9.76. The summed E-state index contributed by atoms with van der Waals surface area (Å²) in [5.74, 6) is 0.202. The lowest BCUT2D eigenvalue weighted by Gasteiger charge is -2.34. The first-order valence-electron chi connectivity index (χ1n) is 9.38. The second kappa shape index (κ2) is 6.81. The number of amides is 1. The average molecular weight is 342 g/mol. The van der Waals surface area contributed by atoms with E-state index in [1.165, 1.54) is 5.57 Å². The Labute approximate surface area is 151 Å². The van der Waals surface area contributed by atoms with E-state index in [2.05, 4.69) is 43.4 Å². The van der Waals surface area contributed by atoms with Gasteiger partial charge in [0.15, 0.2) is 0 Å². The van der Waals surface area contributed by atoms with Crippen molar-refractivity contribution in [3.05, 3.63) is 35.6 Å². The van der Waals surface area contributed by atoms with Gasteiger partial charge in [0.05, 0.1) is 5.71 Å². The smallest absolute Gasteiger partial charge is 0.227 e. The van der Waals surface area contributed by atoms with Crippen LogP contribution in [0.3, 0.4) is 0 Å². The van der Waals surface area contributed by atoms with Gasteiger partial charge in [0.25, 0.3) is 0 Å². The molecule has 1 fully saturated rings. The largest absolute Gasteiger partial charge is 0.389 e. The molecule has 0 aromatic carbocycles. The number of hydrogen-bond donors (Lipinski definition) is 1. The highest BCUT2D eigenvalue weighted by atomic mass is 16.7. The molecule has 4 heteroatoms. The molecule has 1 aliphatic heterocycles. The Kier molecular flexibility index (Phi) is 4.90. The first-order chi connectivity index (χ1) is 11.8. The fourth-order valence-electron chi connectivity index (χ4n) is 3.89. The monoisotopic (exact) mass is 342 g/mol. The average Bonchev–Trinajstić information content (AvgIpc) is 2.75. The van der Waals surface area contributed by atoms with Gasteiger partial charge in [-0.2, -0.15) is 0 Å². The fourth-order valence-corrected chi connectivity index (χ4v) is 3.89. The second-order valence-corrected chi connectivity index (χ2v) is 8.71. The minimum Gasteiger partial charge on any atom is -0.389 e. The molecule has 1 spiro atoms. The van der Waals surface area contributed by atoms with Crippen LogP contribution in [0, 0.1) is 11.3 Å². The molecule has 0 atom stereocenters. The number of carbonyl (C=O) groups is 1. The van der Waals surface area contributed by atoms with Gasteiger partial charge in [-0.25, -0.2) is 0 Å². The Morgan fingerprint density at radius 3 is 2.60 bits per heavy atom. The van der Waals surface area contributed by atoms with E-state index < -0.39 is 0 Å². The van der Waals surface area contributed by atoms with E-state index in [1.807, 2.05) is 19.1 Å². The standard InChI is InChI=1S/C21H30N2O2/c1-15-14-21(25-23-15)12-10-16(11-13-21)19(24)22-18-7-5-6-17(8-9-18)20(2,3)4/h5,7-9,16H,6,10-14H2,1-4H3,(H,22,24). The maximum absolute atomic E-state index is 12.6. The Morgan fingerprint density at radius 2 is 2.00 bits per heavy atom. The van der Waals surface area contributed by atoms with E-state index in [4.69, 9.17) is 4.84 Å². The van der Waals surface area contributed by atoms with Crippen molar-refractivity contribution in [3.63, 3.8) is 0 Å². The lowest BCUT2D eigenvalue weighted by Crippen LogP contribution is -2.39. The molecule has 3 aliphatic rings. The number of allylic oxidation sites excluding steroid dienone is 5. The predicted molar refractivity (Wildman–Crippen MR) is 101 cm³/mol. The molecule has 2 aliphatic carbocycles. The molecule has 0 bridgehead atoms. The van der Waals surface area contributed by atoms with Gasteiger partial charge in [0.2, 0.25) is 5.91 Å². The van der Waals surface area contributed by atoms with Crippen LogP contribution in [0.5, 0.6) is 0 Å². The highest BCUT2D eigenvalue weighted by Gasteiger charge is 2.42.